The van der Waals surface area contributed by atoms with Gasteiger partial charge in [0.15, 0.2) is 0 Å². The fraction of sp³-hybridized carbons (Fsp3) is 0. The predicted molar refractivity (Wildman–Crippen MR) is 225 cm³/mol. The molecule has 0 saturated heterocycles. The lowest BCUT2D eigenvalue weighted by atomic mass is 9.98. The van der Waals surface area contributed by atoms with E-state index in [4.69, 9.17) is 0 Å². The van der Waals surface area contributed by atoms with Crippen molar-refractivity contribution in [2.24, 2.45) is 0 Å². The molecule has 1 aromatic heterocycles. The molecule has 1 nitrogen and oxygen atoms in total. The average Bonchev–Trinajstić information content (AvgIpc) is 3.61. The third-order valence-electron chi connectivity index (χ3n) is 10.3. The maximum absolute atomic E-state index is 2.45. The summed E-state index contributed by atoms with van der Waals surface area (Å²) in [6, 6.07) is 72.8. The fourth-order valence-corrected chi connectivity index (χ4v) is 9.02. The van der Waals surface area contributed by atoms with Crippen molar-refractivity contribution in [2.75, 3.05) is 4.90 Å². The van der Waals surface area contributed by atoms with Crippen LogP contribution in [0, 0.1) is 0 Å². The first-order valence-corrected chi connectivity index (χ1v) is 18.6. The molecule has 0 radical (unpaired) electrons. The molecule has 0 atom stereocenters. The van der Waals surface area contributed by atoms with Gasteiger partial charge in [0.1, 0.15) is 0 Å². The summed E-state index contributed by atoms with van der Waals surface area (Å²) in [6.45, 7) is 0. The number of anilines is 3. The molecule has 0 unspecified atom stereocenters. The standard InChI is InChI=1S/C50H33NS/c1-3-12-34(13-4-1)36-22-24-37(25-23-36)38-26-29-41(30-27-38)51(42-31-28-35-14-7-8-17-40(35)32-42)48-33-47-46-21-11-20-43(39-15-5-2-6-16-39)49(46)52-50(47)45-19-10-9-18-44(45)48/h1-33H. The number of nitrogens with zero attached hydrogens (tertiary/aromatic N) is 1. The normalized spacial score (nSPS) is 11.5. The quantitative estimate of drug-likeness (QED) is 0.169. The average molecular weight is 680 g/mol. The van der Waals surface area contributed by atoms with Gasteiger partial charge in [-0.05, 0) is 74.5 Å². The van der Waals surface area contributed by atoms with Crippen LogP contribution in [0.25, 0.3) is 75.1 Å². The molecule has 1 heterocycles. The Morgan fingerprint density at radius 3 is 1.54 bits per heavy atom. The van der Waals surface area contributed by atoms with Gasteiger partial charge in [-0.15, -0.1) is 11.3 Å². The Bertz CT molecular complexity index is 2870. The Labute approximate surface area is 307 Å². The van der Waals surface area contributed by atoms with Crippen LogP contribution in [-0.2, 0) is 0 Å². The zero-order chi connectivity index (χ0) is 34.4. The zero-order valence-corrected chi connectivity index (χ0v) is 29.2. The van der Waals surface area contributed by atoms with E-state index < -0.39 is 0 Å². The van der Waals surface area contributed by atoms with Crippen LogP contribution in [0.3, 0.4) is 0 Å². The molecule has 52 heavy (non-hydrogen) atoms. The summed E-state index contributed by atoms with van der Waals surface area (Å²) < 4.78 is 2.65. The summed E-state index contributed by atoms with van der Waals surface area (Å²) in [5, 5.41) is 7.54. The Kier molecular flexibility index (Phi) is 7.41. The van der Waals surface area contributed by atoms with E-state index in [1.54, 1.807) is 0 Å². The molecule has 0 aliphatic rings. The maximum atomic E-state index is 2.45. The van der Waals surface area contributed by atoms with Crippen molar-refractivity contribution >= 4 is 70.1 Å². The molecule has 0 saturated carbocycles. The first-order chi connectivity index (χ1) is 25.8. The SMILES string of the molecule is c1ccc(-c2ccc(-c3ccc(N(c4ccc5ccccc5c4)c4cc5c6cccc(-c7ccccc7)c6sc5c5ccccc45)cc3)cc2)cc1. The second-order valence-electron chi connectivity index (χ2n) is 13.3. The third kappa shape index (κ3) is 5.24. The summed E-state index contributed by atoms with van der Waals surface area (Å²) in [4.78, 5) is 2.45. The highest BCUT2D eigenvalue weighted by Gasteiger charge is 2.21. The van der Waals surface area contributed by atoms with Crippen LogP contribution in [0.5, 0.6) is 0 Å². The second kappa shape index (κ2) is 12.7. The summed E-state index contributed by atoms with van der Waals surface area (Å²) >= 11 is 1.91. The number of hydrogen-bond acceptors (Lipinski definition) is 2. The third-order valence-corrected chi connectivity index (χ3v) is 11.5. The molecule has 244 valence electrons. The molecule has 0 aliphatic heterocycles. The summed E-state index contributed by atoms with van der Waals surface area (Å²) in [5.74, 6) is 0. The lowest BCUT2D eigenvalue weighted by Crippen LogP contribution is -2.10. The van der Waals surface area contributed by atoms with Crippen molar-refractivity contribution in [3.8, 4) is 33.4 Å². The number of rotatable bonds is 6. The molecule has 9 aromatic carbocycles. The van der Waals surface area contributed by atoms with Gasteiger partial charge in [-0.2, -0.15) is 0 Å². The van der Waals surface area contributed by atoms with Gasteiger partial charge in [0, 0.05) is 42.3 Å². The van der Waals surface area contributed by atoms with E-state index in [2.05, 4.69) is 205 Å². The highest BCUT2D eigenvalue weighted by Crippen LogP contribution is 2.48. The van der Waals surface area contributed by atoms with Gasteiger partial charge < -0.3 is 4.90 Å². The van der Waals surface area contributed by atoms with Gasteiger partial charge in [-0.1, -0.05) is 170 Å². The van der Waals surface area contributed by atoms with Crippen LogP contribution in [-0.4, -0.2) is 0 Å². The molecule has 0 N–H and O–H groups in total. The van der Waals surface area contributed by atoms with Crippen molar-refractivity contribution in [2.45, 2.75) is 0 Å². The van der Waals surface area contributed by atoms with Gasteiger partial charge in [0.05, 0.1) is 5.69 Å². The van der Waals surface area contributed by atoms with Crippen LogP contribution >= 0.6 is 11.3 Å². The number of fused-ring (bicyclic) bond motifs is 6. The number of hydrogen-bond donors (Lipinski definition) is 0. The van der Waals surface area contributed by atoms with Crippen molar-refractivity contribution in [1.82, 2.24) is 0 Å². The van der Waals surface area contributed by atoms with Crippen LogP contribution in [0.1, 0.15) is 0 Å². The number of benzene rings is 9. The lowest BCUT2D eigenvalue weighted by Gasteiger charge is -2.28. The van der Waals surface area contributed by atoms with Crippen LogP contribution in [0.15, 0.2) is 200 Å². The maximum Gasteiger partial charge on any atom is 0.0547 e. The molecule has 0 aliphatic carbocycles. The van der Waals surface area contributed by atoms with Crippen molar-refractivity contribution < 1.29 is 0 Å². The number of thiophene rings is 1. The summed E-state index contributed by atoms with van der Waals surface area (Å²) in [7, 11) is 0. The Balaban J connectivity index is 1.16. The minimum atomic E-state index is 1.12. The van der Waals surface area contributed by atoms with Crippen LogP contribution in [0.4, 0.5) is 17.1 Å². The van der Waals surface area contributed by atoms with E-state index >= 15 is 0 Å². The molecule has 0 amide bonds. The molecule has 0 bridgehead atoms. The van der Waals surface area contributed by atoms with Crippen LogP contribution < -0.4 is 4.90 Å². The monoisotopic (exact) mass is 679 g/mol. The zero-order valence-electron chi connectivity index (χ0n) is 28.4. The Morgan fingerprint density at radius 2 is 0.827 bits per heavy atom. The van der Waals surface area contributed by atoms with Gasteiger partial charge in [-0.3, -0.25) is 0 Å². The van der Waals surface area contributed by atoms with E-state index in [0.29, 0.717) is 0 Å². The largest absolute Gasteiger partial charge is 0.310 e. The van der Waals surface area contributed by atoms with E-state index in [9.17, 15) is 0 Å². The fourth-order valence-electron chi connectivity index (χ4n) is 7.66. The Hall–Kier alpha value is -6.48. The lowest BCUT2D eigenvalue weighted by molar-refractivity contribution is 1.31. The molecule has 10 aromatic rings. The van der Waals surface area contributed by atoms with E-state index in [1.807, 2.05) is 11.3 Å². The van der Waals surface area contributed by atoms with Gasteiger partial charge in [0.25, 0.3) is 0 Å². The first-order valence-electron chi connectivity index (χ1n) is 17.8. The molecule has 2 heteroatoms. The Morgan fingerprint density at radius 1 is 0.308 bits per heavy atom. The molecule has 0 spiro atoms. The molecule has 10 rings (SSSR count). The minimum absolute atomic E-state index is 1.12. The van der Waals surface area contributed by atoms with Gasteiger partial charge >= 0.3 is 0 Å². The van der Waals surface area contributed by atoms with E-state index in [-0.39, 0.29) is 0 Å². The summed E-state index contributed by atoms with van der Waals surface area (Å²) in [5.41, 5.74) is 10.8. The van der Waals surface area contributed by atoms with Crippen LogP contribution in [0.2, 0.25) is 0 Å². The highest BCUT2D eigenvalue weighted by molar-refractivity contribution is 7.27. The first kappa shape index (κ1) is 30.4. The predicted octanol–water partition coefficient (Wildman–Crippen LogP) is 14.8. The smallest absolute Gasteiger partial charge is 0.0547 e. The highest BCUT2D eigenvalue weighted by atomic mass is 32.1. The van der Waals surface area contributed by atoms with E-state index in [1.165, 1.54) is 80.8 Å². The van der Waals surface area contributed by atoms with Gasteiger partial charge in [-0.25, -0.2) is 0 Å². The summed E-state index contributed by atoms with van der Waals surface area (Å²) in [6.07, 6.45) is 0. The minimum Gasteiger partial charge on any atom is -0.310 e. The topological polar surface area (TPSA) is 3.24 Å². The molecule has 0 fully saturated rings. The van der Waals surface area contributed by atoms with Crippen molar-refractivity contribution in [1.29, 1.82) is 0 Å². The molecular formula is C50H33NS. The van der Waals surface area contributed by atoms with E-state index in [0.717, 1.165) is 11.4 Å². The second-order valence-corrected chi connectivity index (χ2v) is 14.3. The van der Waals surface area contributed by atoms with Crippen molar-refractivity contribution in [3.05, 3.63) is 200 Å². The van der Waals surface area contributed by atoms with Crippen molar-refractivity contribution in [3.63, 3.8) is 0 Å². The van der Waals surface area contributed by atoms with Gasteiger partial charge in [0.2, 0.25) is 0 Å². The molecular weight excluding hydrogens is 647 g/mol.